The highest BCUT2D eigenvalue weighted by Crippen LogP contribution is 2.12. The van der Waals surface area contributed by atoms with Gasteiger partial charge in [0.15, 0.2) is 5.78 Å². The van der Waals surface area contributed by atoms with Gasteiger partial charge in [0.25, 0.3) is 0 Å². The number of benzene rings is 2. The van der Waals surface area contributed by atoms with Crippen LogP contribution >= 0.6 is 0 Å². The van der Waals surface area contributed by atoms with Crippen molar-refractivity contribution in [2.45, 2.75) is 26.6 Å². The number of hydrogen-bond acceptors (Lipinski definition) is 2. The van der Waals surface area contributed by atoms with Gasteiger partial charge in [0.1, 0.15) is 11.9 Å². The third kappa shape index (κ3) is 3.52. The van der Waals surface area contributed by atoms with Gasteiger partial charge in [0.05, 0.1) is 6.61 Å². The largest absolute Gasteiger partial charge is 0.366 e. The normalized spacial score (nSPS) is 12.2. The van der Waals surface area contributed by atoms with Gasteiger partial charge in [-0.1, -0.05) is 48.0 Å². The molecule has 0 aliphatic heterocycles. The molecule has 20 heavy (non-hydrogen) atoms. The highest BCUT2D eigenvalue weighted by atomic mass is 19.1. The third-order valence-corrected chi connectivity index (χ3v) is 3.15. The fourth-order valence-electron chi connectivity index (χ4n) is 1.86. The van der Waals surface area contributed by atoms with Gasteiger partial charge >= 0.3 is 0 Å². The molecule has 1 atom stereocenters. The molecule has 0 aliphatic carbocycles. The van der Waals surface area contributed by atoms with Gasteiger partial charge in [-0.25, -0.2) is 4.39 Å². The van der Waals surface area contributed by atoms with Crippen molar-refractivity contribution in [2.75, 3.05) is 0 Å². The zero-order valence-electron chi connectivity index (χ0n) is 11.6. The molecule has 0 aromatic heterocycles. The summed E-state index contributed by atoms with van der Waals surface area (Å²) in [5, 5.41) is 0. The second-order valence-electron chi connectivity index (χ2n) is 4.77. The molecule has 104 valence electrons. The maximum Gasteiger partial charge on any atom is 0.191 e. The molecule has 0 saturated carbocycles. The first-order chi connectivity index (χ1) is 9.58. The fraction of sp³-hybridized carbons (Fsp3) is 0.235. The Kier molecular flexibility index (Phi) is 4.64. The minimum Gasteiger partial charge on any atom is -0.366 e. The molecule has 0 spiro atoms. The summed E-state index contributed by atoms with van der Waals surface area (Å²) in [5.41, 5.74) is 2.16. The number of hydrogen-bond donors (Lipinski definition) is 0. The second kappa shape index (κ2) is 6.44. The summed E-state index contributed by atoms with van der Waals surface area (Å²) in [6.45, 7) is 3.74. The zero-order valence-corrected chi connectivity index (χ0v) is 11.6. The Morgan fingerprint density at radius 3 is 2.45 bits per heavy atom. The molecule has 0 amide bonds. The molecule has 0 aliphatic rings. The smallest absolute Gasteiger partial charge is 0.191 e. The topological polar surface area (TPSA) is 26.3 Å². The summed E-state index contributed by atoms with van der Waals surface area (Å²) in [4.78, 5) is 12.1. The third-order valence-electron chi connectivity index (χ3n) is 3.15. The molecule has 0 fully saturated rings. The van der Waals surface area contributed by atoms with Crippen LogP contribution in [0.15, 0.2) is 48.5 Å². The number of ketones is 1. The van der Waals surface area contributed by atoms with Crippen molar-refractivity contribution in [3.05, 3.63) is 71.0 Å². The van der Waals surface area contributed by atoms with Crippen LogP contribution in [0, 0.1) is 12.7 Å². The molecule has 2 nitrogen and oxygen atoms in total. The van der Waals surface area contributed by atoms with Crippen LogP contribution in [0.5, 0.6) is 0 Å². The lowest BCUT2D eigenvalue weighted by Crippen LogP contribution is -2.21. The van der Waals surface area contributed by atoms with E-state index in [9.17, 15) is 9.18 Å². The van der Waals surface area contributed by atoms with Gasteiger partial charge in [-0.05, 0) is 19.9 Å². The molecule has 0 heterocycles. The number of carbonyl (C=O) groups is 1. The predicted molar refractivity (Wildman–Crippen MR) is 76.2 cm³/mol. The number of Topliss-reactive ketones (excluding diaryl/α,β-unsaturated/α-hetero) is 1. The van der Waals surface area contributed by atoms with E-state index < -0.39 is 6.10 Å². The van der Waals surface area contributed by atoms with E-state index in [2.05, 4.69) is 0 Å². The Morgan fingerprint density at radius 2 is 1.80 bits per heavy atom. The van der Waals surface area contributed by atoms with Crippen LogP contribution in [0.4, 0.5) is 4.39 Å². The summed E-state index contributed by atoms with van der Waals surface area (Å²) < 4.78 is 18.9. The summed E-state index contributed by atoms with van der Waals surface area (Å²) in [6.07, 6.45) is -0.600. The van der Waals surface area contributed by atoms with E-state index in [1.54, 1.807) is 37.3 Å². The average molecular weight is 272 g/mol. The zero-order chi connectivity index (χ0) is 14.5. The quantitative estimate of drug-likeness (QED) is 0.771. The lowest BCUT2D eigenvalue weighted by atomic mass is 10.1. The van der Waals surface area contributed by atoms with Gasteiger partial charge < -0.3 is 4.74 Å². The monoisotopic (exact) mass is 272 g/mol. The second-order valence-corrected chi connectivity index (χ2v) is 4.77. The summed E-state index contributed by atoms with van der Waals surface area (Å²) in [5.74, 6) is -0.413. The number of ether oxygens (including phenoxy) is 1. The Hall–Kier alpha value is -2.00. The standard InChI is InChI=1S/C17H17FO2/c1-12-7-9-14(10-8-12)17(19)13(2)20-11-15-5-3-4-6-16(15)18/h3-10,13H,11H2,1-2H3. The van der Waals surface area contributed by atoms with Gasteiger partial charge in [-0.2, -0.15) is 0 Å². The maximum absolute atomic E-state index is 13.4. The van der Waals surface area contributed by atoms with E-state index in [1.807, 2.05) is 19.1 Å². The molecule has 1 unspecified atom stereocenters. The highest BCUT2D eigenvalue weighted by molar-refractivity contribution is 5.99. The number of carbonyl (C=O) groups excluding carboxylic acids is 1. The van der Waals surface area contributed by atoms with Crippen LogP contribution in [0.1, 0.15) is 28.4 Å². The van der Waals surface area contributed by atoms with Crippen LogP contribution < -0.4 is 0 Å². The molecule has 2 aromatic carbocycles. The minimum atomic E-state index is -0.600. The van der Waals surface area contributed by atoms with Crippen molar-refractivity contribution in [3.8, 4) is 0 Å². The summed E-state index contributed by atoms with van der Waals surface area (Å²) in [6, 6.07) is 13.7. The lowest BCUT2D eigenvalue weighted by molar-refractivity contribution is 0.0403. The van der Waals surface area contributed by atoms with Gasteiger partial charge in [0, 0.05) is 11.1 Å². The lowest BCUT2D eigenvalue weighted by Gasteiger charge is -2.12. The van der Waals surface area contributed by atoms with Gasteiger partial charge in [0.2, 0.25) is 0 Å². The van der Waals surface area contributed by atoms with E-state index in [4.69, 9.17) is 4.74 Å². The number of halogens is 1. The Bertz CT molecular complexity index is 590. The first kappa shape index (κ1) is 14.4. The molecule has 2 rings (SSSR count). The fourth-order valence-corrected chi connectivity index (χ4v) is 1.86. The molecule has 2 aromatic rings. The molecule has 0 saturated heterocycles. The summed E-state index contributed by atoms with van der Waals surface area (Å²) in [7, 11) is 0. The van der Waals surface area contributed by atoms with Gasteiger partial charge in [-0.15, -0.1) is 0 Å². The molecule has 0 radical (unpaired) electrons. The molecular weight excluding hydrogens is 255 g/mol. The first-order valence-corrected chi connectivity index (χ1v) is 6.54. The van der Waals surface area contributed by atoms with Crippen LogP contribution in [0.25, 0.3) is 0 Å². The SMILES string of the molecule is Cc1ccc(C(=O)C(C)OCc2ccccc2F)cc1. The highest BCUT2D eigenvalue weighted by Gasteiger charge is 2.16. The molecule has 0 bridgehead atoms. The van der Waals surface area contributed by atoms with Crippen molar-refractivity contribution >= 4 is 5.78 Å². The minimum absolute atomic E-state index is 0.0887. The number of rotatable bonds is 5. The predicted octanol–water partition coefficient (Wildman–Crippen LogP) is 3.92. The van der Waals surface area contributed by atoms with Crippen molar-refractivity contribution in [3.63, 3.8) is 0 Å². The van der Waals surface area contributed by atoms with Crippen LogP contribution in [-0.4, -0.2) is 11.9 Å². The Labute approximate surface area is 118 Å². The Morgan fingerprint density at radius 1 is 1.15 bits per heavy atom. The van der Waals surface area contributed by atoms with Crippen molar-refractivity contribution < 1.29 is 13.9 Å². The molecular formula is C17H17FO2. The van der Waals surface area contributed by atoms with Crippen molar-refractivity contribution in [2.24, 2.45) is 0 Å². The van der Waals surface area contributed by atoms with E-state index in [-0.39, 0.29) is 18.2 Å². The Balaban J connectivity index is 1.98. The van der Waals surface area contributed by atoms with Crippen LogP contribution in [0.3, 0.4) is 0 Å². The van der Waals surface area contributed by atoms with Gasteiger partial charge in [-0.3, -0.25) is 4.79 Å². The van der Waals surface area contributed by atoms with Crippen LogP contribution in [0.2, 0.25) is 0 Å². The van der Waals surface area contributed by atoms with Crippen molar-refractivity contribution in [1.29, 1.82) is 0 Å². The maximum atomic E-state index is 13.4. The van der Waals surface area contributed by atoms with E-state index >= 15 is 0 Å². The molecule has 3 heteroatoms. The summed E-state index contributed by atoms with van der Waals surface area (Å²) >= 11 is 0. The van der Waals surface area contributed by atoms with Crippen molar-refractivity contribution in [1.82, 2.24) is 0 Å². The number of aryl methyl sites for hydroxylation is 1. The first-order valence-electron chi connectivity index (χ1n) is 6.54. The van der Waals surface area contributed by atoms with Crippen LogP contribution in [-0.2, 0) is 11.3 Å². The van der Waals surface area contributed by atoms with E-state index in [1.165, 1.54) is 6.07 Å². The van der Waals surface area contributed by atoms with E-state index in [0.717, 1.165) is 5.56 Å². The molecule has 0 N–H and O–H groups in total. The van der Waals surface area contributed by atoms with E-state index in [0.29, 0.717) is 11.1 Å². The average Bonchev–Trinajstić information content (AvgIpc) is 2.46.